The molecule has 1 aromatic heterocycles. The maximum atomic E-state index is 11.4. The van der Waals surface area contributed by atoms with Crippen LogP contribution in [0.2, 0.25) is 0 Å². The van der Waals surface area contributed by atoms with Crippen molar-refractivity contribution in [2.75, 3.05) is 20.3 Å². The summed E-state index contributed by atoms with van der Waals surface area (Å²) in [6.07, 6.45) is 9.27. The van der Waals surface area contributed by atoms with Gasteiger partial charge in [-0.2, -0.15) is 0 Å². The quantitative estimate of drug-likeness (QED) is 0.693. The number of aldehydes is 1. The first-order valence-electron chi connectivity index (χ1n) is 11.0. The van der Waals surface area contributed by atoms with E-state index in [1.165, 1.54) is 55.8 Å². The Morgan fingerprint density at radius 2 is 2.00 bits per heavy atom. The molecule has 0 spiro atoms. The number of methoxy groups -OCH3 is 1. The Balaban J connectivity index is 1.55. The molecule has 2 unspecified atom stereocenters. The Kier molecular flexibility index (Phi) is 5.02. The van der Waals surface area contributed by atoms with Gasteiger partial charge < -0.3 is 18.8 Å². The van der Waals surface area contributed by atoms with Crippen molar-refractivity contribution in [1.82, 2.24) is 4.57 Å². The molecule has 150 valence electrons. The highest BCUT2D eigenvalue weighted by Gasteiger charge is 2.33. The number of hydrogen-bond donors (Lipinski definition) is 0. The topological polar surface area (TPSA) is 40.5 Å². The first-order valence-corrected chi connectivity index (χ1v) is 11.0. The van der Waals surface area contributed by atoms with Crippen molar-refractivity contribution in [1.29, 1.82) is 0 Å². The SMILES string of the molecule is COC(C=O)c1ccc2c(c1)c1c(n2CC2CC2)CCC(C2CCOCC2)C1. The lowest BCUT2D eigenvalue weighted by molar-refractivity contribution is -0.116. The van der Waals surface area contributed by atoms with E-state index in [4.69, 9.17) is 9.47 Å². The van der Waals surface area contributed by atoms with Crippen LogP contribution in [0.4, 0.5) is 0 Å². The van der Waals surface area contributed by atoms with E-state index in [0.717, 1.165) is 49.4 Å². The molecule has 4 nitrogen and oxygen atoms in total. The van der Waals surface area contributed by atoms with Crippen LogP contribution in [0.25, 0.3) is 10.9 Å². The maximum Gasteiger partial charge on any atom is 0.153 e. The molecule has 0 bridgehead atoms. The molecule has 28 heavy (non-hydrogen) atoms. The van der Waals surface area contributed by atoms with E-state index in [0.29, 0.717) is 0 Å². The van der Waals surface area contributed by atoms with E-state index < -0.39 is 6.10 Å². The van der Waals surface area contributed by atoms with Crippen molar-refractivity contribution >= 4 is 17.2 Å². The summed E-state index contributed by atoms with van der Waals surface area (Å²) in [6.45, 7) is 3.02. The molecule has 2 atom stereocenters. The number of aromatic nitrogens is 1. The van der Waals surface area contributed by atoms with Crippen LogP contribution in [0.15, 0.2) is 18.2 Å². The zero-order chi connectivity index (χ0) is 19.1. The van der Waals surface area contributed by atoms with Gasteiger partial charge in [0.1, 0.15) is 6.10 Å². The van der Waals surface area contributed by atoms with Gasteiger partial charge >= 0.3 is 0 Å². The number of carbonyl (C=O) groups excluding carboxylic acids is 1. The second-order valence-electron chi connectivity index (χ2n) is 9.00. The van der Waals surface area contributed by atoms with Crippen molar-refractivity contribution in [2.45, 2.75) is 57.6 Å². The van der Waals surface area contributed by atoms with Crippen LogP contribution in [0.3, 0.4) is 0 Å². The summed E-state index contributed by atoms with van der Waals surface area (Å²) in [5.74, 6) is 2.42. The summed E-state index contributed by atoms with van der Waals surface area (Å²) in [4.78, 5) is 11.4. The van der Waals surface area contributed by atoms with Crippen LogP contribution in [0.1, 0.15) is 55.0 Å². The average Bonchev–Trinajstić information content (AvgIpc) is 3.52. The van der Waals surface area contributed by atoms with Crippen molar-refractivity contribution in [3.63, 3.8) is 0 Å². The van der Waals surface area contributed by atoms with Gasteiger partial charge in [-0.25, -0.2) is 0 Å². The molecule has 1 saturated heterocycles. The maximum absolute atomic E-state index is 11.4. The molecule has 1 aliphatic heterocycles. The molecule has 2 aliphatic carbocycles. The van der Waals surface area contributed by atoms with E-state index in [-0.39, 0.29) is 0 Å². The van der Waals surface area contributed by atoms with Gasteiger partial charge in [0.25, 0.3) is 0 Å². The molecule has 2 aromatic rings. The number of nitrogens with zero attached hydrogens (tertiary/aromatic N) is 1. The molecule has 1 saturated carbocycles. The normalized spacial score (nSPS) is 24.2. The summed E-state index contributed by atoms with van der Waals surface area (Å²) in [5, 5.41) is 1.36. The zero-order valence-corrected chi connectivity index (χ0v) is 16.9. The Hall–Kier alpha value is -1.65. The van der Waals surface area contributed by atoms with Gasteiger partial charge in [0.15, 0.2) is 6.29 Å². The number of fused-ring (bicyclic) bond motifs is 3. The molecule has 0 radical (unpaired) electrons. The number of hydrogen-bond acceptors (Lipinski definition) is 3. The third kappa shape index (κ3) is 3.31. The zero-order valence-electron chi connectivity index (χ0n) is 16.9. The monoisotopic (exact) mass is 381 g/mol. The number of carbonyl (C=O) groups is 1. The van der Waals surface area contributed by atoms with Crippen molar-refractivity contribution < 1.29 is 14.3 Å². The first-order chi connectivity index (χ1) is 13.8. The van der Waals surface area contributed by atoms with Gasteiger partial charge in [0.05, 0.1) is 0 Å². The smallest absolute Gasteiger partial charge is 0.153 e. The predicted molar refractivity (Wildman–Crippen MR) is 110 cm³/mol. The molecule has 4 heteroatoms. The minimum Gasteiger partial charge on any atom is -0.381 e. The highest BCUT2D eigenvalue weighted by molar-refractivity contribution is 5.87. The van der Waals surface area contributed by atoms with Crippen molar-refractivity contribution in [3.05, 3.63) is 35.0 Å². The van der Waals surface area contributed by atoms with Crippen LogP contribution in [-0.4, -0.2) is 31.2 Å². The largest absolute Gasteiger partial charge is 0.381 e. The van der Waals surface area contributed by atoms with E-state index in [9.17, 15) is 4.79 Å². The summed E-state index contributed by atoms with van der Waals surface area (Å²) >= 11 is 0. The van der Waals surface area contributed by atoms with Gasteiger partial charge in [-0.1, -0.05) is 6.07 Å². The second kappa shape index (κ2) is 7.64. The number of rotatable bonds is 6. The first kappa shape index (κ1) is 18.4. The highest BCUT2D eigenvalue weighted by atomic mass is 16.5. The third-order valence-corrected chi connectivity index (χ3v) is 7.31. The standard InChI is InChI=1S/C24H31NO3/c1-27-24(15-26)19-5-7-23-21(13-19)20-12-18(17-8-10-28-11-9-17)4-6-22(20)25(23)14-16-2-3-16/h5,7,13,15-18,24H,2-4,6,8-12,14H2,1H3. The molecule has 5 rings (SSSR count). The van der Waals surface area contributed by atoms with Crippen molar-refractivity contribution in [3.8, 4) is 0 Å². The molecule has 1 aromatic carbocycles. The summed E-state index contributed by atoms with van der Waals surface area (Å²) < 4.78 is 13.6. The van der Waals surface area contributed by atoms with E-state index in [1.54, 1.807) is 18.4 Å². The number of ether oxygens (including phenoxy) is 2. The lowest BCUT2D eigenvalue weighted by Gasteiger charge is -2.33. The highest BCUT2D eigenvalue weighted by Crippen LogP contribution is 2.42. The molecule has 0 amide bonds. The predicted octanol–water partition coefficient (Wildman–Crippen LogP) is 4.47. The average molecular weight is 382 g/mol. The summed E-state index contributed by atoms with van der Waals surface area (Å²) in [5.41, 5.74) is 5.43. The van der Waals surface area contributed by atoms with Crippen LogP contribution in [0.5, 0.6) is 0 Å². The minimum atomic E-state index is -0.471. The fourth-order valence-corrected chi connectivity index (χ4v) is 5.50. The van der Waals surface area contributed by atoms with Gasteiger partial charge in [0.2, 0.25) is 0 Å². The molecule has 2 heterocycles. The Morgan fingerprint density at radius 1 is 1.18 bits per heavy atom. The lowest BCUT2D eigenvalue weighted by Crippen LogP contribution is -2.28. The molecule has 3 aliphatic rings. The lowest BCUT2D eigenvalue weighted by atomic mass is 9.75. The Bertz CT molecular complexity index is 860. The number of benzene rings is 1. The fraction of sp³-hybridized carbons (Fsp3) is 0.625. The van der Waals surface area contributed by atoms with Crippen LogP contribution in [0, 0.1) is 17.8 Å². The van der Waals surface area contributed by atoms with Gasteiger partial charge in [-0.3, -0.25) is 0 Å². The second-order valence-corrected chi connectivity index (χ2v) is 9.00. The van der Waals surface area contributed by atoms with Crippen LogP contribution in [-0.2, 0) is 33.7 Å². The summed E-state index contributed by atoms with van der Waals surface area (Å²) in [6, 6.07) is 6.53. The van der Waals surface area contributed by atoms with Crippen LogP contribution >= 0.6 is 0 Å². The van der Waals surface area contributed by atoms with Gasteiger partial charge in [-0.05, 0) is 86.0 Å². The van der Waals surface area contributed by atoms with Gasteiger partial charge in [0, 0.05) is 43.5 Å². The molecular weight excluding hydrogens is 350 g/mol. The molecule has 2 fully saturated rings. The molecule has 0 N–H and O–H groups in total. The van der Waals surface area contributed by atoms with E-state index in [2.05, 4.69) is 22.8 Å². The summed E-state index contributed by atoms with van der Waals surface area (Å²) in [7, 11) is 1.61. The van der Waals surface area contributed by atoms with Crippen molar-refractivity contribution in [2.24, 2.45) is 17.8 Å². The minimum absolute atomic E-state index is 0.471. The fourth-order valence-electron chi connectivity index (χ4n) is 5.50. The third-order valence-electron chi connectivity index (χ3n) is 7.31. The van der Waals surface area contributed by atoms with E-state index >= 15 is 0 Å². The molecular formula is C24H31NO3. The van der Waals surface area contributed by atoms with Gasteiger partial charge in [-0.15, -0.1) is 0 Å². The van der Waals surface area contributed by atoms with E-state index in [1.807, 2.05) is 0 Å². The Morgan fingerprint density at radius 3 is 2.71 bits per heavy atom. The van der Waals surface area contributed by atoms with Crippen LogP contribution < -0.4 is 0 Å². The Labute approximate surface area is 167 Å².